The van der Waals surface area contributed by atoms with Gasteiger partial charge < -0.3 is 25.6 Å². The Balaban J connectivity index is -0.000000881. The first-order chi connectivity index (χ1) is 33.2. The number of ether oxygens (including phenoxy) is 1. The van der Waals surface area contributed by atoms with Crippen LogP contribution in [0.2, 0.25) is 15.1 Å². The second kappa shape index (κ2) is 35.3. The molecule has 1 aliphatic rings. The number of carbonyl (C=O) groups excluding carboxylic acids is 2. The van der Waals surface area contributed by atoms with Crippen molar-refractivity contribution in [1.29, 1.82) is 0 Å². The number of carboxylic acid groups (broad SMARTS) is 1. The van der Waals surface area contributed by atoms with Gasteiger partial charge in [-0.15, -0.1) is 0 Å². The molecule has 1 fully saturated rings. The number of benzene rings is 5. The van der Waals surface area contributed by atoms with E-state index in [2.05, 4.69) is 53.7 Å². The molecule has 75 heavy (non-hydrogen) atoms. The fourth-order valence-electron chi connectivity index (χ4n) is 5.16. The fourth-order valence-corrected chi connectivity index (χ4v) is 8.64. The number of carboxylic acids is 1. The molecule has 26 heteroatoms. The third-order valence-corrected chi connectivity index (χ3v) is 13.6. The topological polar surface area (TPSA) is 280 Å². The molecular weight excluding hydrogens is 1150 g/mol. The quantitative estimate of drug-likeness (QED) is 0.0485. The van der Waals surface area contributed by atoms with Gasteiger partial charge >= 0.3 is 24.8 Å². The van der Waals surface area contributed by atoms with E-state index in [1.807, 2.05) is 57.4 Å². The number of nitrogens with zero attached hydrogens (tertiary/aromatic N) is 3. The number of primary sulfonamides is 3. The molecule has 18 nitrogen and oxygen atoms in total. The summed E-state index contributed by atoms with van der Waals surface area (Å²) in [6.45, 7) is 8.25. The predicted octanol–water partition coefficient (Wildman–Crippen LogP) is 6.80. The average Bonchev–Trinajstić information content (AvgIpc) is 3.89. The normalized spacial score (nSPS) is 11.3. The van der Waals surface area contributed by atoms with Gasteiger partial charge in [-0.05, 0) is 116 Å². The van der Waals surface area contributed by atoms with Crippen molar-refractivity contribution in [3.05, 3.63) is 151 Å². The average molecular weight is 1220 g/mol. The Kier molecular flexibility index (Phi) is 35.4. The first-order valence-corrected chi connectivity index (χ1v) is 27.4. The van der Waals surface area contributed by atoms with Crippen LogP contribution in [0.3, 0.4) is 0 Å². The minimum absolute atomic E-state index is 0. The van der Waals surface area contributed by atoms with E-state index >= 15 is 0 Å². The number of nitrogens with two attached hydrogens (primary N) is 3. The number of hydroxylamine groups is 2. The molecule has 0 aliphatic carbocycles. The van der Waals surface area contributed by atoms with E-state index in [0.29, 0.717) is 5.56 Å². The van der Waals surface area contributed by atoms with Crippen LogP contribution < -0.4 is 44.1 Å². The van der Waals surface area contributed by atoms with E-state index in [-0.39, 0.29) is 85.9 Å². The van der Waals surface area contributed by atoms with Gasteiger partial charge in [-0.25, -0.2) is 50.5 Å². The van der Waals surface area contributed by atoms with Crippen molar-refractivity contribution in [1.82, 2.24) is 5.06 Å². The Hall–Kier alpha value is -4.09. The molecule has 0 saturated carbocycles. The molecule has 412 valence electrons. The molecule has 0 bridgehead atoms. The maximum Gasteiger partial charge on any atom is 1.00 e. The van der Waals surface area contributed by atoms with E-state index in [0.717, 1.165) is 40.6 Å². The molecule has 0 unspecified atom stereocenters. The second-order valence-corrected chi connectivity index (χ2v) is 22.5. The Morgan fingerprint density at radius 3 is 1.20 bits per heavy atom. The molecule has 0 atom stereocenters. The molecule has 1 aliphatic heterocycles. The smallest absolute Gasteiger partial charge is 0.478 e. The summed E-state index contributed by atoms with van der Waals surface area (Å²) in [5.41, 5.74) is 2.78. The number of hydrogen-bond donors (Lipinski definition) is 4. The molecule has 0 radical (unpaired) electrons. The van der Waals surface area contributed by atoms with Gasteiger partial charge in [-0.1, -0.05) is 65.6 Å². The maximum absolute atomic E-state index is 12.4. The Labute approximate surface area is 479 Å². The van der Waals surface area contributed by atoms with Crippen LogP contribution in [0, 0.1) is 5.92 Å². The second-order valence-electron chi connectivity index (χ2n) is 15.8. The first-order valence-electron chi connectivity index (χ1n) is 20.8. The van der Waals surface area contributed by atoms with Crippen LogP contribution in [-0.2, 0) is 39.6 Å². The molecule has 0 aromatic heterocycles. The largest absolute Gasteiger partial charge is 1.00 e. The standard InChI is InChI=1S/C15H15ClN2O3S.C9H11ClN2O4S.C8H10BrN.C7H6ClNO4S.C4H8O.C4H9.2CH4.Li/c1-18(2)12-6-3-10(4-7-12)15(19)11-5-8-13(16)14(9-11)22(17,20)21;1-12(16-2)9(13)6-3-4-7(10)8(5-6)17(11,14)15;1-10(2)8-5-3-7(9)4-6-8;8-5-2-1-4(7(10)11)3-6(5)14(9,12)13;1-2-4-5-3-1;1-4(2)3;;;/h3-9H,1-2H3,(H2,17,20,21);3-5H,1-2H3,(H2,11,14,15);3-6H,1-2H3;1-3H,(H,10,11)(H2,9,12,13);1-4H2;1-3H3;2*1H4;/q;;;;;-1;;;+1. The van der Waals surface area contributed by atoms with Crippen molar-refractivity contribution in [2.75, 3.05) is 65.4 Å². The molecule has 1 saturated heterocycles. The van der Waals surface area contributed by atoms with Crippen molar-refractivity contribution >= 4 is 110 Å². The summed E-state index contributed by atoms with van der Waals surface area (Å²) in [6, 6.07) is 26.3. The van der Waals surface area contributed by atoms with Gasteiger partial charge in [-0.3, -0.25) is 14.4 Å². The molecule has 7 N–H and O–H groups in total. The van der Waals surface area contributed by atoms with Crippen LogP contribution in [-0.4, -0.2) is 109 Å². The number of carbonyl (C=O) groups is 3. The van der Waals surface area contributed by atoms with Crippen molar-refractivity contribution in [3.63, 3.8) is 0 Å². The van der Waals surface area contributed by atoms with E-state index in [1.54, 1.807) is 12.1 Å². The summed E-state index contributed by atoms with van der Waals surface area (Å²) < 4.78 is 73.3. The monoisotopic (exact) mass is 1220 g/mol. The zero-order valence-corrected chi connectivity index (χ0v) is 48.2. The van der Waals surface area contributed by atoms with Gasteiger partial charge in [0.2, 0.25) is 30.1 Å². The molecular formula is C49H67BrCl3LiN6O12S3. The van der Waals surface area contributed by atoms with Crippen LogP contribution in [0.1, 0.15) is 85.1 Å². The Morgan fingerprint density at radius 2 is 0.893 bits per heavy atom. The van der Waals surface area contributed by atoms with Crippen LogP contribution in [0.4, 0.5) is 11.4 Å². The number of halogens is 4. The van der Waals surface area contributed by atoms with E-state index in [9.17, 15) is 39.6 Å². The van der Waals surface area contributed by atoms with Crippen LogP contribution in [0.5, 0.6) is 0 Å². The first kappa shape index (κ1) is 75.1. The Morgan fingerprint density at radius 1 is 0.587 bits per heavy atom. The predicted molar refractivity (Wildman–Crippen MR) is 301 cm³/mol. The maximum atomic E-state index is 12.4. The summed E-state index contributed by atoms with van der Waals surface area (Å²) in [5, 5.41) is 24.3. The molecule has 0 spiro atoms. The van der Waals surface area contributed by atoms with Crippen molar-refractivity contribution in [3.8, 4) is 0 Å². The summed E-state index contributed by atoms with van der Waals surface area (Å²) in [5.74, 6) is -0.632. The third kappa shape index (κ3) is 27.7. The van der Waals surface area contributed by atoms with E-state index < -0.39 is 41.9 Å². The zero-order valence-electron chi connectivity index (χ0n) is 41.9. The molecule has 6 rings (SSSR count). The Bertz CT molecular complexity index is 2930. The number of amides is 1. The number of aromatic carboxylic acids is 1. The SMILES string of the molecule is C.C.C1CCOC1.CN(C)c1ccc(Br)cc1.CN(C)c1ccc(C(=O)c2ccc(Cl)c(S(N)(=O)=O)c2)cc1.CON(C)C(=O)c1ccc(Cl)c(S(N)(=O)=O)c1.C[C-](C)C.NS(=O)(=O)c1cc(C(=O)O)ccc1Cl.[Li+]. The van der Waals surface area contributed by atoms with Gasteiger partial charge in [0.15, 0.2) is 5.78 Å². The van der Waals surface area contributed by atoms with E-state index in [1.165, 1.54) is 81.1 Å². The van der Waals surface area contributed by atoms with Gasteiger partial charge in [0.25, 0.3) is 5.91 Å². The number of anilines is 2. The number of rotatable bonds is 10. The molecule has 5 aromatic rings. The zero-order chi connectivity index (χ0) is 55.3. The van der Waals surface area contributed by atoms with Crippen molar-refractivity contribution in [2.45, 2.75) is 63.2 Å². The third-order valence-electron chi connectivity index (χ3n) is 8.85. The number of ketones is 1. The molecule has 1 amide bonds. The van der Waals surface area contributed by atoms with E-state index in [4.69, 9.17) is 64.9 Å². The van der Waals surface area contributed by atoms with Gasteiger partial charge in [0, 0.05) is 81.0 Å². The molecule has 5 aromatic carbocycles. The van der Waals surface area contributed by atoms with Crippen molar-refractivity contribution < 1.29 is 73.2 Å². The minimum Gasteiger partial charge on any atom is -0.478 e. The van der Waals surface area contributed by atoms with Crippen LogP contribution >= 0.6 is 50.7 Å². The summed E-state index contributed by atoms with van der Waals surface area (Å²) >= 11 is 20.4. The summed E-state index contributed by atoms with van der Waals surface area (Å²) in [4.78, 5) is 42.4. The van der Waals surface area contributed by atoms with Crippen LogP contribution in [0.25, 0.3) is 0 Å². The summed E-state index contributed by atoms with van der Waals surface area (Å²) in [6.07, 6.45) is 2.56. The van der Waals surface area contributed by atoms with Gasteiger partial charge in [-0.2, -0.15) is 20.8 Å². The molecule has 1 heterocycles. The van der Waals surface area contributed by atoms with Gasteiger partial charge in [0.1, 0.15) is 14.7 Å². The fraction of sp³-hybridized carbons (Fsp3) is 0.306. The number of sulfonamides is 3. The number of hydrogen-bond acceptors (Lipinski definition) is 13. The van der Waals surface area contributed by atoms with Crippen LogP contribution in [0.15, 0.2) is 122 Å². The summed E-state index contributed by atoms with van der Waals surface area (Å²) in [7, 11) is -1.36. The minimum atomic E-state index is -3.98. The van der Waals surface area contributed by atoms with Gasteiger partial charge in [0.05, 0.1) is 27.7 Å². The van der Waals surface area contributed by atoms with Crippen molar-refractivity contribution in [2.24, 2.45) is 15.4 Å².